The highest BCUT2D eigenvalue weighted by Crippen LogP contribution is 2.29. The zero-order chi connectivity index (χ0) is 12.9. The summed E-state index contributed by atoms with van der Waals surface area (Å²) in [5.74, 6) is 0.753. The Labute approximate surface area is 119 Å². The Bertz CT molecular complexity index is 362. The van der Waals surface area contributed by atoms with Crippen molar-refractivity contribution >= 4 is 11.3 Å². The standard InChI is InChI=1S/C15H24N2OS/c1-2-13(15-10-18-8-7-17-15)14(3-1)16-6-4-12-5-9-19-11-12/h5,9,11,13-17H,1-4,6-8,10H2. The van der Waals surface area contributed by atoms with E-state index in [-0.39, 0.29) is 0 Å². The lowest BCUT2D eigenvalue weighted by Gasteiger charge is -2.33. The van der Waals surface area contributed by atoms with Gasteiger partial charge in [0.05, 0.1) is 13.2 Å². The minimum absolute atomic E-state index is 0.565. The van der Waals surface area contributed by atoms with Gasteiger partial charge >= 0.3 is 0 Å². The molecule has 3 nitrogen and oxygen atoms in total. The van der Waals surface area contributed by atoms with Gasteiger partial charge < -0.3 is 15.4 Å². The Hall–Kier alpha value is -0.420. The van der Waals surface area contributed by atoms with Gasteiger partial charge in [0.1, 0.15) is 0 Å². The Morgan fingerprint density at radius 2 is 2.42 bits per heavy atom. The molecule has 1 saturated carbocycles. The topological polar surface area (TPSA) is 33.3 Å². The Balaban J connectivity index is 1.46. The molecule has 2 aliphatic rings. The van der Waals surface area contributed by atoms with E-state index >= 15 is 0 Å². The molecule has 3 unspecified atom stereocenters. The van der Waals surface area contributed by atoms with Crippen LogP contribution in [0.3, 0.4) is 0 Å². The average Bonchev–Trinajstić information content (AvgIpc) is 3.11. The van der Waals surface area contributed by atoms with E-state index in [9.17, 15) is 0 Å². The lowest BCUT2D eigenvalue weighted by molar-refractivity contribution is 0.0526. The van der Waals surface area contributed by atoms with Crippen LogP contribution in [0, 0.1) is 5.92 Å². The van der Waals surface area contributed by atoms with Crippen LogP contribution in [0.1, 0.15) is 24.8 Å². The van der Waals surface area contributed by atoms with Crippen molar-refractivity contribution in [1.82, 2.24) is 10.6 Å². The predicted molar refractivity (Wildman–Crippen MR) is 79.8 cm³/mol. The third-order valence-corrected chi connectivity index (χ3v) is 5.17. The molecule has 0 aromatic carbocycles. The minimum atomic E-state index is 0.565. The van der Waals surface area contributed by atoms with Crippen LogP contribution in [0.4, 0.5) is 0 Å². The first-order chi connectivity index (χ1) is 9.43. The van der Waals surface area contributed by atoms with Gasteiger partial charge in [-0.2, -0.15) is 11.3 Å². The summed E-state index contributed by atoms with van der Waals surface area (Å²) in [4.78, 5) is 0. The van der Waals surface area contributed by atoms with Gasteiger partial charge in [-0.1, -0.05) is 6.42 Å². The summed E-state index contributed by atoms with van der Waals surface area (Å²) in [5, 5.41) is 11.8. The second-order valence-electron chi connectivity index (χ2n) is 5.67. The summed E-state index contributed by atoms with van der Waals surface area (Å²) in [7, 11) is 0. The monoisotopic (exact) mass is 280 g/mol. The fourth-order valence-corrected chi connectivity index (χ4v) is 4.12. The molecular weight excluding hydrogens is 256 g/mol. The summed E-state index contributed by atoms with van der Waals surface area (Å²) >= 11 is 1.79. The molecule has 2 fully saturated rings. The fraction of sp³-hybridized carbons (Fsp3) is 0.733. The SMILES string of the molecule is c1cc(CCNC2CCCC2C2COCCN2)cs1. The predicted octanol–water partition coefficient (Wildman–Crippen LogP) is 2.04. The van der Waals surface area contributed by atoms with Crippen LogP contribution in [0.15, 0.2) is 16.8 Å². The highest BCUT2D eigenvalue weighted by molar-refractivity contribution is 7.07. The number of morpholine rings is 1. The number of hydrogen-bond donors (Lipinski definition) is 2. The lowest BCUT2D eigenvalue weighted by atomic mass is 9.94. The largest absolute Gasteiger partial charge is 0.379 e. The van der Waals surface area contributed by atoms with Crippen LogP contribution in [0.25, 0.3) is 0 Å². The van der Waals surface area contributed by atoms with Crippen molar-refractivity contribution in [3.8, 4) is 0 Å². The van der Waals surface area contributed by atoms with E-state index < -0.39 is 0 Å². The van der Waals surface area contributed by atoms with E-state index in [2.05, 4.69) is 27.5 Å². The third-order valence-electron chi connectivity index (χ3n) is 4.44. The van der Waals surface area contributed by atoms with E-state index in [1.165, 1.54) is 24.8 Å². The Kier molecular flexibility index (Phi) is 4.88. The first kappa shape index (κ1) is 13.6. The summed E-state index contributed by atoms with van der Waals surface area (Å²) in [6.45, 7) is 3.89. The van der Waals surface area contributed by atoms with Crippen LogP contribution < -0.4 is 10.6 Å². The van der Waals surface area contributed by atoms with Gasteiger partial charge in [-0.05, 0) is 54.1 Å². The van der Waals surface area contributed by atoms with Crippen molar-refractivity contribution in [2.24, 2.45) is 5.92 Å². The number of ether oxygens (including phenoxy) is 1. The zero-order valence-corrected chi connectivity index (χ0v) is 12.3. The molecule has 0 spiro atoms. The average molecular weight is 280 g/mol. The van der Waals surface area contributed by atoms with Gasteiger partial charge in [-0.3, -0.25) is 0 Å². The molecule has 1 saturated heterocycles. The lowest BCUT2D eigenvalue weighted by Crippen LogP contribution is -2.51. The van der Waals surface area contributed by atoms with Crippen molar-refractivity contribution in [1.29, 1.82) is 0 Å². The molecule has 2 N–H and O–H groups in total. The van der Waals surface area contributed by atoms with Crippen molar-refractivity contribution in [3.05, 3.63) is 22.4 Å². The molecule has 1 aromatic rings. The third kappa shape index (κ3) is 3.57. The van der Waals surface area contributed by atoms with Crippen molar-refractivity contribution in [3.63, 3.8) is 0 Å². The Morgan fingerprint density at radius 1 is 1.42 bits per heavy atom. The van der Waals surface area contributed by atoms with Crippen molar-refractivity contribution in [2.75, 3.05) is 26.3 Å². The molecule has 19 heavy (non-hydrogen) atoms. The summed E-state index contributed by atoms with van der Waals surface area (Å²) in [5.41, 5.74) is 1.46. The van der Waals surface area contributed by atoms with E-state index in [0.29, 0.717) is 12.1 Å². The first-order valence-corrected chi connectivity index (χ1v) is 8.43. The molecular formula is C15H24N2OS. The summed E-state index contributed by atoms with van der Waals surface area (Å²) < 4.78 is 5.62. The van der Waals surface area contributed by atoms with Crippen LogP contribution in [-0.4, -0.2) is 38.4 Å². The van der Waals surface area contributed by atoms with Gasteiger partial charge in [0, 0.05) is 18.6 Å². The van der Waals surface area contributed by atoms with Crippen molar-refractivity contribution in [2.45, 2.75) is 37.8 Å². The van der Waals surface area contributed by atoms with Gasteiger partial charge in [0.25, 0.3) is 0 Å². The molecule has 0 radical (unpaired) electrons. The van der Waals surface area contributed by atoms with Crippen LogP contribution in [0.5, 0.6) is 0 Å². The molecule has 1 aliphatic carbocycles. The first-order valence-electron chi connectivity index (χ1n) is 7.49. The number of nitrogens with one attached hydrogen (secondary N) is 2. The normalized spacial score (nSPS) is 31.7. The fourth-order valence-electron chi connectivity index (χ4n) is 3.42. The van der Waals surface area contributed by atoms with E-state index in [0.717, 1.165) is 38.6 Å². The van der Waals surface area contributed by atoms with Gasteiger partial charge in [0.15, 0.2) is 0 Å². The molecule has 1 aromatic heterocycles. The molecule has 2 heterocycles. The Morgan fingerprint density at radius 3 is 3.21 bits per heavy atom. The second kappa shape index (κ2) is 6.84. The van der Waals surface area contributed by atoms with Crippen LogP contribution in [0.2, 0.25) is 0 Å². The highest BCUT2D eigenvalue weighted by atomic mass is 32.1. The van der Waals surface area contributed by atoms with Crippen LogP contribution >= 0.6 is 11.3 Å². The van der Waals surface area contributed by atoms with Gasteiger partial charge in [-0.15, -0.1) is 0 Å². The summed E-state index contributed by atoms with van der Waals surface area (Å²) in [6, 6.07) is 3.47. The molecule has 0 bridgehead atoms. The zero-order valence-electron chi connectivity index (χ0n) is 11.4. The number of hydrogen-bond acceptors (Lipinski definition) is 4. The van der Waals surface area contributed by atoms with E-state index in [1.807, 2.05) is 0 Å². The second-order valence-corrected chi connectivity index (χ2v) is 6.45. The molecule has 1 aliphatic heterocycles. The van der Waals surface area contributed by atoms with E-state index in [1.54, 1.807) is 11.3 Å². The number of thiophene rings is 1. The quantitative estimate of drug-likeness (QED) is 0.866. The smallest absolute Gasteiger partial charge is 0.0623 e. The molecule has 3 rings (SSSR count). The summed E-state index contributed by atoms with van der Waals surface area (Å²) in [6.07, 6.45) is 5.18. The van der Waals surface area contributed by atoms with E-state index in [4.69, 9.17) is 4.74 Å². The molecule has 0 amide bonds. The van der Waals surface area contributed by atoms with Crippen molar-refractivity contribution < 1.29 is 4.74 Å². The molecule has 106 valence electrons. The highest BCUT2D eigenvalue weighted by Gasteiger charge is 2.34. The molecule has 4 heteroatoms. The van der Waals surface area contributed by atoms with Gasteiger partial charge in [-0.25, -0.2) is 0 Å². The maximum Gasteiger partial charge on any atom is 0.0623 e. The number of rotatable bonds is 5. The maximum absolute atomic E-state index is 5.62. The minimum Gasteiger partial charge on any atom is -0.379 e. The van der Waals surface area contributed by atoms with Gasteiger partial charge in [0.2, 0.25) is 0 Å². The van der Waals surface area contributed by atoms with Crippen LogP contribution in [-0.2, 0) is 11.2 Å². The molecule has 3 atom stereocenters. The maximum atomic E-state index is 5.62.